The minimum Gasteiger partial charge on any atom is -0.334 e. The van der Waals surface area contributed by atoms with Crippen LogP contribution in [0.5, 0.6) is 0 Å². The molecule has 2 heterocycles. The molecule has 0 aromatic carbocycles. The number of rotatable bonds is 5. The molecule has 0 bridgehead atoms. The van der Waals surface area contributed by atoms with Crippen molar-refractivity contribution < 1.29 is 4.79 Å². The third kappa shape index (κ3) is 3.01. The molecule has 0 aliphatic carbocycles. The van der Waals surface area contributed by atoms with Gasteiger partial charge in [0.05, 0.1) is 17.3 Å². The van der Waals surface area contributed by atoms with Gasteiger partial charge in [0.25, 0.3) is 5.91 Å². The molecule has 2 aromatic heterocycles. The summed E-state index contributed by atoms with van der Waals surface area (Å²) < 4.78 is 3.47. The first-order valence-corrected chi connectivity index (χ1v) is 6.93. The summed E-state index contributed by atoms with van der Waals surface area (Å²) in [4.78, 5) is 13.9. The van der Waals surface area contributed by atoms with Gasteiger partial charge < -0.3 is 4.90 Å². The van der Waals surface area contributed by atoms with Crippen LogP contribution in [0, 0.1) is 0 Å². The van der Waals surface area contributed by atoms with Crippen LogP contribution in [0.4, 0.5) is 0 Å². The third-order valence-electron chi connectivity index (χ3n) is 3.01. The summed E-state index contributed by atoms with van der Waals surface area (Å²) in [6, 6.07) is 1.90. The average Bonchev–Trinajstić information content (AvgIpc) is 3.04. The van der Waals surface area contributed by atoms with E-state index in [9.17, 15) is 4.79 Å². The second-order valence-electron chi connectivity index (χ2n) is 4.51. The molecule has 0 N–H and O–H groups in total. The lowest BCUT2D eigenvalue weighted by molar-refractivity contribution is 0.0776. The summed E-state index contributed by atoms with van der Waals surface area (Å²) >= 11 is 6.04. The van der Waals surface area contributed by atoms with E-state index in [4.69, 9.17) is 11.6 Å². The summed E-state index contributed by atoms with van der Waals surface area (Å²) in [5, 5.41) is 8.91. The number of amides is 1. The molecule has 0 aliphatic rings. The van der Waals surface area contributed by atoms with Crippen molar-refractivity contribution in [3.05, 3.63) is 34.9 Å². The van der Waals surface area contributed by atoms with Gasteiger partial charge in [0.15, 0.2) is 5.69 Å². The second kappa shape index (κ2) is 6.09. The average molecular weight is 296 g/mol. The largest absolute Gasteiger partial charge is 0.334 e. The highest BCUT2D eigenvalue weighted by Crippen LogP contribution is 2.16. The number of aromatic nitrogens is 4. The van der Waals surface area contributed by atoms with Crippen molar-refractivity contribution in [2.75, 3.05) is 7.05 Å². The number of aryl methyl sites for hydroxylation is 2. The summed E-state index contributed by atoms with van der Waals surface area (Å²) in [6.07, 6.45) is 3.56. The van der Waals surface area contributed by atoms with Crippen LogP contribution in [0.3, 0.4) is 0 Å². The normalized spacial score (nSPS) is 10.8. The monoisotopic (exact) mass is 295 g/mol. The minimum absolute atomic E-state index is 0.201. The Morgan fingerprint density at radius 1 is 1.30 bits per heavy atom. The van der Waals surface area contributed by atoms with Crippen LogP contribution in [0.1, 0.15) is 30.0 Å². The van der Waals surface area contributed by atoms with Crippen LogP contribution in [0.15, 0.2) is 18.5 Å². The quantitative estimate of drug-likeness (QED) is 0.848. The van der Waals surface area contributed by atoms with Gasteiger partial charge in [-0.1, -0.05) is 11.6 Å². The van der Waals surface area contributed by atoms with E-state index in [1.54, 1.807) is 22.8 Å². The molecule has 0 radical (unpaired) electrons. The summed E-state index contributed by atoms with van der Waals surface area (Å²) in [7, 11) is 1.72. The fraction of sp³-hybridized carbons (Fsp3) is 0.462. The van der Waals surface area contributed by atoms with Gasteiger partial charge in [-0.3, -0.25) is 14.2 Å². The number of hydrogen-bond acceptors (Lipinski definition) is 3. The van der Waals surface area contributed by atoms with E-state index >= 15 is 0 Å². The Kier molecular flexibility index (Phi) is 4.44. The Hall–Kier alpha value is -1.82. The third-order valence-corrected chi connectivity index (χ3v) is 3.29. The van der Waals surface area contributed by atoms with E-state index < -0.39 is 0 Å². The van der Waals surface area contributed by atoms with Gasteiger partial charge in [0.2, 0.25) is 0 Å². The van der Waals surface area contributed by atoms with Gasteiger partial charge in [-0.2, -0.15) is 10.2 Å². The minimum atomic E-state index is -0.201. The van der Waals surface area contributed by atoms with Crippen LogP contribution < -0.4 is 0 Å². The molecule has 2 aromatic rings. The molecular weight excluding hydrogens is 278 g/mol. The summed E-state index contributed by atoms with van der Waals surface area (Å²) in [6.45, 7) is 5.88. The lowest BCUT2D eigenvalue weighted by Gasteiger charge is -2.14. The van der Waals surface area contributed by atoms with Gasteiger partial charge in [-0.25, -0.2) is 0 Å². The van der Waals surface area contributed by atoms with Crippen molar-refractivity contribution in [3.8, 4) is 0 Å². The Morgan fingerprint density at radius 3 is 2.55 bits per heavy atom. The molecule has 0 unspecified atom stereocenters. The van der Waals surface area contributed by atoms with Crippen LogP contribution in [-0.2, 0) is 19.6 Å². The molecule has 1 amide bonds. The maximum Gasteiger partial charge on any atom is 0.276 e. The Morgan fingerprint density at radius 2 is 2.00 bits per heavy atom. The van der Waals surface area contributed by atoms with E-state index in [0.717, 1.165) is 12.2 Å². The Bertz CT molecular complexity index is 604. The molecule has 0 saturated heterocycles. The van der Waals surface area contributed by atoms with Gasteiger partial charge in [0.1, 0.15) is 0 Å². The molecule has 0 aliphatic heterocycles. The predicted molar refractivity (Wildman–Crippen MR) is 76.6 cm³/mol. The van der Waals surface area contributed by atoms with Gasteiger partial charge in [-0.05, 0) is 19.9 Å². The highest BCUT2D eigenvalue weighted by Gasteiger charge is 2.20. The first-order chi connectivity index (χ1) is 9.55. The number of carbonyl (C=O) groups is 1. The van der Waals surface area contributed by atoms with Crippen molar-refractivity contribution in [1.82, 2.24) is 24.5 Å². The van der Waals surface area contributed by atoms with Crippen molar-refractivity contribution >= 4 is 17.5 Å². The summed E-state index contributed by atoms with van der Waals surface area (Å²) in [5.41, 5.74) is 1.12. The van der Waals surface area contributed by atoms with E-state index in [2.05, 4.69) is 10.2 Å². The van der Waals surface area contributed by atoms with Crippen LogP contribution >= 0.6 is 11.6 Å². The number of nitrogens with zero attached hydrogens (tertiary/aromatic N) is 5. The van der Waals surface area contributed by atoms with Gasteiger partial charge in [0, 0.05) is 32.5 Å². The molecule has 108 valence electrons. The molecular formula is C13H18ClN5O. The van der Waals surface area contributed by atoms with Gasteiger partial charge in [-0.15, -0.1) is 0 Å². The van der Waals surface area contributed by atoms with Crippen molar-refractivity contribution in [2.24, 2.45) is 0 Å². The van der Waals surface area contributed by atoms with Crippen molar-refractivity contribution in [2.45, 2.75) is 33.5 Å². The zero-order valence-electron chi connectivity index (χ0n) is 11.9. The highest BCUT2D eigenvalue weighted by molar-refractivity contribution is 6.33. The topological polar surface area (TPSA) is 56.0 Å². The number of hydrogen-bond donors (Lipinski definition) is 0. The lowest BCUT2D eigenvalue weighted by atomic mass is 10.3. The van der Waals surface area contributed by atoms with Gasteiger partial charge >= 0.3 is 0 Å². The maximum absolute atomic E-state index is 12.3. The zero-order chi connectivity index (χ0) is 14.7. The smallest absolute Gasteiger partial charge is 0.276 e. The number of halogens is 1. The molecule has 0 fully saturated rings. The fourth-order valence-corrected chi connectivity index (χ4v) is 2.10. The standard InChI is InChI=1S/C13H18ClN5O/c1-4-18-7-6-10(15-18)8-17(3)13(20)12-11(14)9-19(5-2)16-12/h6-7,9H,4-5,8H2,1-3H3. The zero-order valence-corrected chi connectivity index (χ0v) is 12.6. The predicted octanol–water partition coefficient (Wildman–Crippen LogP) is 2.04. The number of carbonyl (C=O) groups excluding carboxylic acids is 1. The molecule has 20 heavy (non-hydrogen) atoms. The first kappa shape index (κ1) is 14.6. The molecule has 6 nitrogen and oxygen atoms in total. The Balaban J connectivity index is 2.09. The van der Waals surface area contributed by atoms with E-state index in [1.165, 1.54) is 0 Å². The Labute approximate surface area is 122 Å². The van der Waals surface area contributed by atoms with Crippen LogP contribution in [0.2, 0.25) is 5.02 Å². The molecule has 0 atom stereocenters. The van der Waals surface area contributed by atoms with Crippen molar-refractivity contribution in [1.29, 1.82) is 0 Å². The van der Waals surface area contributed by atoms with E-state index in [-0.39, 0.29) is 11.6 Å². The second-order valence-corrected chi connectivity index (χ2v) is 4.91. The molecule has 7 heteroatoms. The lowest BCUT2D eigenvalue weighted by Crippen LogP contribution is -2.27. The molecule has 0 spiro atoms. The van der Waals surface area contributed by atoms with E-state index in [1.807, 2.05) is 30.8 Å². The van der Waals surface area contributed by atoms with Crippen LogP contribution in [0.25, 0.3) is 0 Å². The molecule has 2 rings (SSSR count). The molecule has 0 saturated carbocycles. The SMILES string of the molecule is CCn1ccc(CN(C)C(=O)c2nn(CC)cc2Cl)n1. The summed E-state index contributed by atoms with van der Waals surface area (Å²) in [5.74, 6) is -0.201. The first-order valence-electron chi connectivity index (χ1n) is 6.55. The van der Waals surface area contributed by atoms with Crippen LogP contribution in [-0.4, -0.2) is 37.4 Å². The maximum atomic E-state index is 12.3. The highest BCUT2D eigenvalue weighted by atomic mass is 35.5. The van der Waals surface area contributed by atoms with Crippen molar-refractivity contribution in [3.63, 3.8) is 0 Å². The fourth-order valence-electron chi connectivity index (χ4n) is 1.86. The van der Waals surface area contributed by atoms with E-state index in [0.29, 0.717) is 18.1 Å².